The highest BCUT2D eigenvalue weighted by molar-refractivity contribution is 6.09. The van der Waals surface area contributed by atoms with E-state index in [1.807, 2.05) is 12.3 Å². The lowest BCUT2D eigenvalue weighted by atomic mass is 9.90. The zero-order valence-corrected chi connectivity index (χ0v) is 17.7. The van der Waals surface area contributed by atoms with Gasteiger partial charge in [0.15, 0.2) is 5.58 Å². The van der Waals surface area contributed by atoms with Crippen LogP contribution in [0.5, 0.6) is 0 Å². The van der Waals surface area contributed by atoms with Gasteiger partial charge in [-0.25, -0.2) is 4.98 Å². The normalized spacial score (nSPS) is 12.0. The smallest absolute Gasteiger partial charge is 0.160 e. The first-order valence-electron chi connectivity index (χ1n) is 10.2. The van der Waals surface area contributed by atoms with E-state index in [9.17, 15) is 0 Å². The van der Waals surface area contributed by atoms with Crippen molar-refractivity contribution in [3.63, 3.8) is 0 Å². The topological polar surface area (TPSA) is 38.9 Å². The van der Waals surface area contributed by atoms with Gasteiger partial charge in [0.25, 0.3) is 0 Å². The van der Waals surface area contributed by atoms with Gasteiger partial charge in [-0.3, -0.25) is 4.98 Å². The molecule has 0 fully saturated rings. The summed E-state index contributed by atoms with van der Waals surface area (Å²) in [5, 5.41) is 2.10. The molecule has 30 heavy (non-hydrogen) atoms. The Bertz CT molecular complexity index is 1370. The molecule has 0 aliphatic heterocycles. The summed E-state index contributed by atoms with van der Waals surface area (Å²) in [4.78, 5) is 9.71. The highest BCUT2D eigenvalue weighted by Gasteiger charge is 2.19. The SMILES string of the molecule is Cc1ccc(-c2ccnc(-c3cc4ccoc4c4nc(C(C)(C)C)ccc34)c2)cc1. The van der Waals surface area contributed by atoms with Crippen molar-refractivity contribution in [2.45, 2.75) is 33.1 Å². The summed E-state index contributed by atoms with van der Waals surface area (Å²) in [6.07, 6.45) is 3.61. The fourth-order valence-corrected chi connectivity index (χ4v) is 3.84. The van der Waals surface area contributed by atoms with Gasteiger partial charge in [0.1, 0.15) is 5.52 Å². The molecule has 3 nitrogen and oxygen atoms in total. The van der Waals surface area contributed by atoms with E-state index in [-0.39, 0.29) is 5.41 Å². The Labute approximate surface area is 176 Å². The molecule has 3 aromatic heterocycles. The fraction of sp³-hybridized carbons (Fsp3) is 0.185. The van der Waals surface area contributed by atoms with Crippen LogP contribution in [0.25, 0.3) is 44.3 Å². The molecular weight excluding hydrogens is 368 g/mol. The second-order valence-corrected chi connectivity index (χ2v) is 8.90. The highest BCUT2D eigenvalue weighted by Crippen LogP contribution is 2.36. The van der Waals surface area contributed by atoms with E-state index in [0.717, 1.165) is 44.4 Å². The van der Waals surface area contributed by atoms with E-state index in [1.165, 1.54) is 11.1 Å². The van der Waals surface area contributed by atoms with Crippen LogP contribution in [-0.2, 0) is 5.41 Å². The molecule has 0 atom stereocenters. The zero-order valence-electron chi connectivity index (χ0n) is 17.7. The predicted molar refractivity (Wildman–Crippen MR) is 124 cm³/mol. The molecular formula is C27H24N2O. The average molecular weight is 393 g/mol. The van der Waals surface area contributed by atoms with Gasteiger partial charge in [0.05, 0.1) is 12.0 Å². The van der Waals surface area contributed by atoms with Gasteiger partial charge in [-0.05, 0) is 48.4 Å². The third kappa shape index (κ3) is 3.17. The summed E-state index contributed by atoms with van der Waals surface area (Å²) in [6, 6.07) is 21.2. The van der Waals surface area contributed by atoms with Gasteiger partial charge in [0, 0.05) is 33.6 Å². The van der Waals surface area contributed by atoms with E-state index in [0.29, 0.717) is 0 Å². The van der Waals surface area contributed by atoms with Crippen molar-refractivity contribution in [2.75, 3.05) is 0 Å². The Morgan fingerprint density at radius 3 is 2.40 bits per heavy atom. The van der Waals surface area contributed by atoms with E-state index in [1.54, 1.807) is 6.26 Å². The predicted octanol–water partition coefficient (Wildman–Crippen LogP) is 7.32. The lowest BCUT2D eigenvalue weighted by Crippen LogP contribution is -2.13. The van der Waals surface area contributed by atoms with Crippen LogP contribution in [0.15, 0.2) is 77.5 Å². The lowest BCUT2D eigenvalue weighted by Gasteiger charge is -2.18. The second kappa shape index (κ2) is 6.81. The molecule has 0 spiro atoms. The molecule has 5 aromatic rings. The maximum Gasteiger partial charge on any atom is 0.160 e. The van der Waals surface area contributed by atoms with Crippen LogP contribution < -0.4 is 0 Å². The van der Waals surface area contributed by atoms with Crippen molar-refractivity contribution in [1.29, 1.82) is 0 Å². The van der Waals surface area contributed by atoms with E-state index in [4.69, 9.17) is 14.4 Å². The maximum absolute atomic E-state index is 5.81. The molecule has 0 radical (unpaired) electrons. The fourth-order valence-electron chi connectivity index (χ4n) is 3.84. The molecule has 0 unspecified atom stereocenters. The van der Waals surface area contributed by atoms with E-state index in [2.05, 4.69) is 82.3 Å². The van der Waals surface area contributed by atoms with Crippen LogP contribution in [0.2, 0.25) is 0 Å². The van der Waals surface area contributed by atoms with Crippen LogP contribution in [0, 0.1) is 6.92 Å². The number of nitrogens with zero attached hydrogens (tertiary/aromatic N) is 2. The second-order valence-electron chi connectivity index (χ2n) is 8.90. The van der Waals surface area contributed by atoms with Crippen LogP contribution >= 0.6 is 0 Å². The number of furan rings is 1. The molecule has 0 amide bonds. The van der Waals surface area contributed by atoms with Crippen molar-refractivity contribution in [2.24, 2.45) is 0 Å². The Balaban J connectivity index is 1.74. The molecule has 0 saturated heterocycles. The minimum absolute atomic E-state index is 0.0350. The molecule has 3 heterocycles. The van der Waals surface area contributed by atoms with Crippen molar-refractivity contribution < 1.29 is 4.42 Å². The van der Waals surface area contributed by atoms with Crippen LogP contribution in [-0.4, -0.2) is 9.97 Å². The van der Waals surface area contributed by atoms with E-state index < -0.39 is 0 Å². The number of aromatic nitrogens is 2. The molecule has 0 N–H and O–H groups in total. The lowest BCUT2D eigenvalue weighted by molar-refractivity contribution is 0.570. The maximum atomic E-state index is 5.81. The van der Waals surface area contributed by atoms with Gasteiger partial charge < -0.3 is 4.42 Å². The average Bonchev–Trinajstić information content (AvgIpc) is 3.22. The summed E-state index contributed by atoms with van der Waals surface area (Å²) < 4.78 is 5.81. The Hall–Kier alpha value is -3.46. The molecule has 0 saturated carbocycles. The van der Waals surface area contributed by atoms with Crippen molar-refractivity contribution in [1.82, 2.24) is 9.97 Å². The number of benzene rings is 2. The quantitative estimate of drug-likeness (QED) is 0.316. The number of aryl methyl sites for hydroxylation is 1. The molecule has 0 bridgehead atoms. The Morgan fingerprint density at radius 2 is 1.63 bits per heavy atom. The number of rotatable bonds is 2. The first-order chi connectivity index (χ1) is 14.4. The van der Waals surface area contributed by atoms with Crippen LogP contribution in [0.3, 0.4) is 0 Å². The third-order valence-electron chi connectivity index (χ3n) is 5.59. The third-order valence-corrected chi connectivity index (χ3v) is 5.59. The molecule has 2 aromatic carbocycles. The minimum Gasteiger partial charge on any atom is -0.462 e. The summed E-state index contributed by atoms with van der Waals surface area (Å²) in [5.74, 6) is 0. The van der Waals surface area contributed by atoms with Crippen LogP contribution in [0.4, 0.5) is 0 Å². The Kier molecular flexibility index (Phi) is 4.21. The van der Waals surface area contributed by atoms with Crippen LogP contribution in [0.1, 0.15) is 32.0 Å². The summed E-state index contributed by atoms with van der Waals surface area (Å²) in [5.41, 5.74) is 8.33. The molecule has 0 aliphatic carbocycles. The summed E-state index contributed by atoms with van der Waals surface area (Å²) in [6.45, 7) is 8.64. The molecule has 148 valence electrons. The largest absolute Gasteiger partial charge is 0.462 e. The summed E-state index contributed by atoms with van der Waals surface area (Å²) >= 11 is 0. The standard InChI is InChI=1S/C27H24N2O/c1-17-5-7-18(8-6-17)19-11-13-28-23(16-19)22-15-20-12-14-30-26(20)25-21(22)9-10-24(29-25)27(2,3)4/h5-16H,1-4H3. The number of pyridine rings is 2. The van der Waals surface area contributed by atoms with Crippen molar-refractivity contribution >= 4 is 21.9 Å². The molecule has 3 heteroatoms. The number of fused-ring (bicyclic) bond motifs is 3. The van der Waals surface area contributed by atoms with Gasteiger partial charge in [0.2, 0.25) is 0 Å². The zero-order chi connectivity index (χ0) is 20.9. The number of hydrogen-bond acceptors (Lipinski definition) is 3. The molecule has 5 rings (SSSR count). The first kappa shape index (κ1) is 18.6. The van der Waals surface area contributed by atoms with Gasteiger partial charge in [-0.2, -0.15) is 0 Å². The minimum atomic E-state index is -0.0350. The summed E-state index contributed by atoms with van der Waals surface area (Å²) in [7, 11) is 0. The molecule has 0 aliphatic rings. The van der Waals surface area contributed by atoms with Gasteiger partial charge in [-0.15, -0.1) is 0 Å². The number of hydrogen-bond donors (Lipinski definition) is 0. The van der Waals surface area contributed by atoms with Gasteiger partial charge >= 0.3 is 0 Å². The van der Waals surface area contributed by atoms with Gasteiger partial charge in [-0.1, -0.05) is 56.7 Å². The Morgan fingerprint density at radius 1 is 0.833 bits per heavy atom. The highest BCUT2D eigenvalue weighted by atomic mass is 16.3. The van der Waals surface area contributed by atoms with E-state index >= 15 is 0 Å². The first-order valence-corrected chi connectivity index (χ1v) is 10.2. The van der Waals surface area contributed by atoms with Crippen molar-refractivity contribution in [3.05, 3.63) is 84.4 Å². The van der Waals surface area contributed by atoms with Crippen molar-refractivity contribution in [3.8, 4) is 22.4 Å². The monoisotopic (exact) mass is 392 g/mol.